The van der Waals surface area contributed by atoms with Gasteiger partial charge in [0, 0.05) is 31.7 Å². The first-order valence-corrected chi connectivity index (χ1v) is 11.0. The van der Waals surface area contributed by atoms with Crippen LogP contribution in [0.3, 0.4) is 0 Å². The van der Waals surface area contributed by atoms with Crippen LogP contribution in [0.4, 0.5) is 4.79 Å². The number of carbonyl (C=O) groups is 1. The van der Waals surface area contributed by atoms with Gasteiger partial charge in [0.05, 0.1) is 11.2 Å². The summed E-state index contributed by atoms with van der Waals surface area (Å²) in [5.74, 6) is 0. The molecule has 0 radical (unpaired) electrons. The Morgan fingerprint density at radius 3 is 2.17 bits per heavy atom. The molecule has 1 aromatic carbocycles. The third kappa shape index (κ3) is 4.12. The second-order valence-electron chi connectivity index (χ2n) is 10.9. The highest BCUT2D eigenvalue weighted by molar-refractivity contribution is 6.62. The molecule has 6 nitrogen and oxygen atoms in total. The molecule has 164 valence electrons. The molecule has 3 heterocycles. The molecule has 0 N–H and O–H groups in total. The maximum absolute atomic E-state index is 12.4. The van der Waals surface area contributed by atoms with Crippen LogP contribution in [-0.4, -0.2) is 65.0 Å². The molecule has 4 rings (SSSR count). The van der Waals surface area contributed by atoms with Crippen molar-refractivity contribution in [2.24, 2.45) is 0 Å². The maximum atomic E-state index is 12.4. The Hall–Kier alpha value is -1.57. The monoisotopic (exact) mass is 414 g/mol. The first-order chi connectivity index (χ1) is 13.8. The lowest BCUT2D eigenvalue weighted by atomic mass is 9.79. The molecular formula is C23H35BN2O4. The van der Waals surface area contributed by atoms with Crippen LogP contribution in [0.1, 0.15) is 60.5 Å². The second kappa shape index (κ2) is 7.25. The number of hydrogen-bond donors (Lipinski definition) is 0. The highest BCUT2D eigenvalue weighted by Crippen LogP contribution is 2.36. The average Bonchev–Trinajstić information content (AvgIpc) is 3.25. The van der Waals surface area contributed by atoms with E-state index in [-0.39, 0.29) is 30.5 Å². The van der Waals surface area contributed by atoms with Crippen LogP contribution in [-0.2, 0) is 20.6 Å². The van der Waals surface area contributed by atoms with E-state index in [9.17, 15) is 4.79 Å². The fraction of sp³-hybridized carbons (Fsp3) is 0.696. The van der Waals surface area contributed by atoms with Crippen molar-refractivity contribution >= 4 is 18.7 Å². The van der Waals surface area contributed by atoms with Gasteiger partial charge in [-0.25, -0.2) is 4.79 Å². The Balaban J connectivity index is 1.33. The molecule has 0 spiro atoms. The molecule has 7 heteroatoms. The van der Waals surface area contributed by atoms with Gasteiger partial charge in [-0.1, -0.05) is 24.3 Å². The van der Waals surface area contributed by atoms with Gasteiger partial charge in [0.1, 0.15) is 5.60 Å². The quantitative estimate of drug-likeness (QED) is 0.712. The van der Waals surface area contributed by atoms with E-state index in [1.54, 1.807) is 0 Å². The van der Waals surface area contributed by atoms with Gasteiger partial charge < -0.3 is 18.9 Å². The standard InChI is InChI=1S/C23H35BN2O4/c1-21(2,3)28-20(27)26-15-18-12-19(26)14-25(18)13-16-8-10-17(11-9-16)24-29-22(4,5)23(6,7)30-24/h8-11,18-19H,12-15H2,1-7H3/t18-,19-/m0/s1. The Morgan fingerprint density at radius 1 is 1.07 bits per heavy atom. The third-order valence-electron chi connectivity index (χ3n) is 6.87. The molecule has 3 aliphatic rings. The molecule has 3 saturated heterocycles. The van der Waals surface area contributed by atoms with Crippen molar-refractivity contribution in [1.82, 2.24) is 9.80 Å². The summed E-state index contributed by atoms with van der Waals surface area (Å²) in [6, 6.07) is 9.22. The molecule has 3 aliphatic heterocycles. The Bertz CT molecular complexity index is 786. The number of likely N-dealkylation sites (tertiary alicyclic amines) is 2. The lowest BCUT2D eigenvalue weighted by molar-refractivity contribution is 0.00578. The van der Waals surface area contributed by atoms with Crippen LogP contribution < -0.4 is 5.46 Å². The highest BCUT2D eigenvalue weighted by atomic mass is 16.7. The molecule has 1 amide bonds. The fourth-order valence-electron chi connectivity index (χ4n) is 4.48. The number of amides is 1. The summed E-state index contributed by atoms with van der Waals surface area (Å²) >= 11 is 0. The van der Waals surface area contributed by atoms with Gasteiger partial charge in [0.25, 0.3) is 0 Å². The molecule has 30 heavy (non-hydrogen) atoms. The van der Waals surface area contributed by atoms with Crippen LogP contribution in [0.15, 0.2) is 24.3 Å². The van der Waals surface area contributed by atoms with E-state index in [4.69, 9.17) is 14.0 Å². The van der Waals surface area contributed by atoms with E-state index in [0.29, 0.717) is 6.04 Å². The minimum absolute atomic E-state index is 0.179. The molecule has 0 aliphatic carbocycles. The van der Waals surface area contributed by atoms with Crippen molar-refractivity contribution in [3.05, 3.63) is 29.8 Å². The van der Waals surface area contributed by atoms with Crippen LogP contribution >= 0.6 is 0 Å². The Kier molecular flexibility index (Phi) is 5.23. The number of piperazine rings is 1. The summed E-state index contributed by atoms with van der Waals surface area (Å²) in [7, 11) is -0.325. The Morgan fingerprint density at radius 2 is 1.67 bits per heavy atom. The van der Waals surface area contributed by atoms with E-state index in [0.717, 1.165) is 31.5 Å². The molecule has 0 unspecified atom stereocenters. The van der Waals surface area contributed by atoms with E-state index in [1.807, 2.05) is 25.7 Å². The van der Waals surface area contributed by atoms with Crippen molar-refractivity contribution in [3.8, 4) is 0 Å². The number of nitrogens with zero attached hydrogens (tertiary/aromatic N) is 2. The smallest absolute Gasteiger partial charge is 0.444 e. The van der Waals surface area contributed by atoms with Gasteiger partial charge in [-0.2, -0.15) is 0 Å². The first kappa shape index (κ1) is 21.7. The maximum Gasteiger partial charge on any atom is 0.494 e. The summed E-state index contributed by atoms with van der Waals surface area (Å²) in [6.45, 7) is 16.6. The molecule has 0 saturated carbocycles. The predicted molar refractivity (Wildman–Crippen MR) is 118 cm³/mol. The van der Waals surface area contributed by atoms with Crippen LogP contribution in [0.5, 0.6) is 0 Å². The number of rotatable bonds is 3. The number of fused-ring (bicyclic) bond motifs is 2. The lowest BCUT2D eigenvalue weighted by Gasteiger charge is -2.35. The molecule has 0 aromatic heterocycles. The number of hydrogen-bond acceptors (Lipinski definition) is 5. The highest BCUT2D eigenvalue weighted by Gasteiger charge is 2.51. The van der Waals surface area contributed by atoms with Crippen molar-refractivity contribution in [1.29, 1.82) is 0 Å². The zero-order chi connectivity index (χ0) is 21.9. The number of benzene rings is 1. The zero-order valence-electron chi connectivity index (χ0n) is 19.4. The van der Waals surface area contributed by atoms with Gasteiger partial charge in [0.2, 0.25) is 0 Å². The van der Waals surface area contributed by atoms with Crippen LogP contribution in [0, 0.1) is 0 Å². The topological polar surface area (TPSA) is 51.2 Å². The predicted octanol–water partition coefficient (Wildman–Crippen LogP) is 3.18. The average molecular weight is 414 g/mol. The molecular weight excluding hydrogens is 379 g/mol. The molecule has 2 bridgehead atoms. The Labute approximate surface area is 181 Å². The molecule has 1 aromatic rings. The van der Waals surface area contributed by atoms with Crippen molar-refractivity contribution in [2.45, 2.75) is 90.3 Å². The van der Waals surface area contributed by atoms with E-state index < -0.39 is 5.60 Å². The van der Waals surface area contributed by atoms with Crippen molar-refractivity contribution < 1.29 is 18.8 Å². The summed E-state index contributed by atoms with van der Waals surface area (Å²) < 4.78 is 17.9. The largest absolute Gasteiger partial charge is 0.494 e. The van der Waals surface area contributed by atoms with Gasteiger partial charge in [-0.15, -0.1) is 0 Å². The first-order valence-electron chi connectivity index (χ1n) is 11.0. The van der Waals surface area contributed by atoms with E-state index >= 15 is 0 Å². The fourth-order valence-corrected chi connectivity index (χ4v) is 4.48. The van der Waals surface area contributed by atoms with Crippen LogP contribution in [0.25, 0.3) is 0 Å². The molecule has 3 fully saturated rings. The SMILES string of the molecule is CC(C)(C)OC(=O)N1C[C@@H]2C[C@H]1CN2Cc1ccc(B2OC(C)(C)C(C)(C)O2)cc1. The van der Waals surface area contributed by atoms with Crippen molar-refractivity contribution in [2.75, 3.05) is 13.1 Å². The van der Waals surface area contributed by atoms with Gasteiger partial charge >= 0.3 is 13.2 Å². The van der Waals surface area contributed by atoms with Gasteiger partial charge in [-0.05, 0) is 65.9 Å². The normalized spacial score (nSPS) is 27.7. The van der Waals surface area contributed by atoms with Gasteiger partial charge in [0.15, 0.2) is 0 Å². The van der Waals surface area contributed by atoms with Gasteiger partial charge in [-0.3, -0.25) is 4.90 Å². The van der Waals surface area contributed by atoms with Crippen LogP contribution in [0.2, 0.25) is 0 Å². The minimum Gasteiger partial charge on any atom is -0.444 e. The van der Waals surface area contributed by atoms with E-state index in [1.165, 1.54) is 5.56 Å². The summed E-state index contributed by atoms with van der Waals surface area (Å²) in [6.07, 6.45) is 0.854. The summed E-state index contributed by atoms with van der Waals surface area (Å²) in [4.78, 5) is 16.8. The summed E-state index contributed by atoms with van der Waals surface area (Å²) in [5.41, 5.74) is 1.22. The lowest BCUT2D eigenvalue weighted by Crippen LogP contribution is -2.49. The van der Waals surface area contributed by atoms with E-state index in [2.05, 4.69) is 56.9 Å². The summed E-state index contributed by atoms with van der Waals surface area (Å²) in [5, 5.41) is 0. The zero-order valence-corrected chi connectivity index (χ0v) is 19.4. The number of ether oxygens (including phenoxy) is 1. The number of carbonyl (C=O) groups excluding carboxylic acids is 1. The van der Waals surface area contributed by atoms with Crippen molar-refractivity contribution in [3.63, 3.8) is 0 Å². The minimum atomic E-state index is -0.447. The molecule has 2 atom stereocenters. The third-order valence-corrected chi connectivity index (χ3v) is 6.87. The second-order valence-corrected chi connectivity index (χ2v) is 10.9.